The average Bonchev–Trinajstić information content (AvgIpc) is 3.75. The third-order valence-corrected chi connectivity index (χ3v) is 8.92. The van der Waals surface area contributed by atoms with Crippen LogP contribution in [0.15, 0.2) is 88.1 Å². The topological polar surface area (TPSA) is 101 Å². The average molecular weight is 593 g/mol. The number of likely N-dealkylation sites (tertiary alicyclic amines) is 1. The van der Waals surface area contributed by atoms with E-state index in [0.717, 1.165) is 48.4 Å². The molecule has 0 unspecified atom stereocenters. The zero-order valence-corrected chi connectivity index (χ0v) is 24.5. The Morgan fingerprint density at radius 2 is 1.74 bits per heavy atom. The van der Waals surface area contributed by atoms with Crippen LogP contribution in [0, 0.1) is 0 Å². The highest BCUT2D eigenvalue weighted by molar-refractivity contribution is 7.12. The van der Waals surface area contributed by atoms with Crippen molar-refractivity contribution in [2.75, 3.05) is 30.8 Å². The fourth-order valence-corrected chi connectivity index (χ4v) is 6.47. The Bertz CT molecular complexity index is 1860. The molecule has 0 radical (unpaired) electrons. The number of rotatable bonds is 7. The largest absolute Gasteiger partial charge is 0.382 e. The normalized spacial score (nSPS) is 14.3. The van der Waals surface area contributed by atoms with Gasteiger partial charge in [0.2, 0.25) is 5.95 Å². The molecule has 42 heavy (non-hydrogen) atoms. The van der Waals surface area contributed by atoms with Gasteiger partial charge in [0.05, 0.1) is 11.3 Å². The highest BCUT2D eigenvalue weighted by Crippen LogP contribution is 2.27. The summed E-state index contributed by atoms with van der Waals surface area (Å²) in [5.41, 5.74) is 5.36. The molecule has 11 heteroatoms. The quantitative estimate of drug-likeness (QED) is 0.224. The summed E-state index contributed by atoms with van der Waals surface area (Å²) in [6.45, 7) is 2.23. The van der Waals surface area contributed by atoms with Gasteiger partial charge >= 0.3 is 0 Å². The van der Waals surface area contributed by atoms with Gasteiger partial charge < -0.3 is 15.5 Å². The molecule has 0 spiro atoms. The molecule has 0 atom stereocenters. The summed E-state index contributed by atoms with van der Waals surface area (Å²) in [5.74, 6) is 0.397. The highest BCUT2D eigenvalue weighted by atomic mass is 32.1. The summed E-state index contributed by atoms with van der Waals surface area (Å²) < 4.78 is 1.55. The number of thiophene rings is 1. The Morgan fingerprint density at radius 3 is 2.45 bits per heavy atom. The number of hydrogen-bond donors (Lipinski definition) is 2. The first kappa shape index (κ1) is 26.4. The van der Waals surface area contributed by atoms with Gasteiger partial charge in [0, 0.05) is 52.3 Å². The Hall–Kier alpha value is -4.45. The molecule has 1 saturated heterocycles. The molecule has 5 aromatic heterocycles. The first-order valence-corrected chi connectivity index (χ1v) is 15.6. The number of hydrogen-bond acceptors (Lipinski definition) is 10. The number of fused-ring (bicyclic) bond motifs is 1. The van der Waals surface area contributed by atoms with E-state index in [1.807, 2.05) is 41.1 Å². The number of anilines is 3. The van der Waals surface area contributed by atoms with E-state index in [1.165, 1.54) is 11.3 Å². The second-order valence-corrected chi connectivity index (χ2v) is 12.0. The molecular weight excluding hydrogens is 565 g/mol. The molecule has 6 aromatic rings. The number of thiazole rings is 1. The minimum absolute atomic E-state index is 0.234. The lowest BCUT2D eigenvalue weighted by Gasteiger charge is -2.30. The van der Waals surface area contributed by atoms with Crippen molar-refractivity contribution in [2.24, 2.45) is 0 Å². The maximum atomic E-state index is 13.9. The van der Waals surface area contributed by atoms with Crippen molar-refractivity contribution >= 4 is 51.0 Å². The molecule has 1 aromatic carbocycles. The molecule has 1 fully saturated rings. The van der Waals surface area contributed by atoms with Crippen LogP contribution >= 0.6 is 22.7 Å². The lowest BCUT2D eigenvalue weighted by Crippen LogP contribution is -2.36. The van der Waals surface area contributed by atoms with Gasteiger partial charge in [0.1, 0.15) is 0 Å². The molecule has 0 saturated carbocycles. The number of piperidine rings is 1. The first-order valence-electron chi connectivity index (χ1n) is 13.7. The number of aromatic nitrogens is 5. The summed E-state index contributed by atoms with van der Waals surface area (Å²) in [4.78, 5) is 34.6. The molecule has 1 aliphatic rings. The molecule has 1 aliphatic heterocycles. The second kappa shape index (κ2) is 11.4. The van der Waals surface area contributed by atoms with Crippen LogP contribution in [0.4, 0.5) is 17.3 Å². The van der Waals surface area contributed by atoms with E-state index in [4.69, 9.17) is 4.98 Å². The van der Waals surface area contributed by atoms with Gasteiger partial charge in [-0.3, -0.25) is 9.78 Å². The number of pyridine rings is 2. The van der Waals surface area contributed by atoms with E-state index in [0.29, 0.717) is 39.4 Å². The van der Waals surface area contributed by atoms with Crippen molar-refractivity contribution in [2.45, 2.75) is 18.9 Å². The van der Waals surface area contributed by atoms with Crippen LogP contribution < -0.4 is 16.2 Å². The van der Waals surface area contributed by atoms with E-state index in [2.05, 4.69) is 61.1 Å². The lowest BCUT2D eigenvalue weighted by atomic mass is 10.1. The summed E-state index contributed by atoms with van der Waals surface area (Å²) in [6, 6.07) is 16.4. The molecule has 9 nitrogen and oxygen atoms in total. The molecule has 0 bridgehead atoms. The number of nitrogens with one attached hydrogen (secondary N) is 2. The van der Waals surface area contributed by atoms with Gasteiger partial charge in [-0.25, -0.2) is 14.5 Å². The van der Waals surface area contributed by atoms with Crippen molar-refractivity contribution in [1.29, 1.82) is 0 Å². The van der Waals surface area contributed by atoms with Gasteiger partial charge in [-0.15, -0.1) is 11.3 Å². The van der Waals surface area contributed by atoms with Gasteiger partial charge in [0.25, 0.3) is 5.56 Å². The van der Waals surface area contributed by atoms with Crippen LogP contribution in [0.25, 0.3) is 38.5 Å². The van der Waals surface area contributed by atoms with E-state index < -0.39 is 0 Å². The van der Waals surface area contributed by atoms with Crippen molar-refractivity contribution in [3.63, 3.8) is 0 Å². The Morgan fingerprint density at radius 1 is 0.905 bits per heavy atom. The monoisotopic (exact) mass is 592 g/mol. The van der Waals surface area contributed by atoms with Gasteiger partial charge in [-0.1, -0.05) is 6.07 Å². The van der Waals surface area contributed by atoms with Gasteiger partial charge in [-0.05, 0) is 91.8 Å². The summed E-state index contributed by atoms with van der Waals surface area (Å²) in [7, 11) is 2.17. The van der Waals surface area contributed by atoms with E-state index in [9.17, 15) is 4.79 Å². The molecule has 0 amide bonds. The highest BCUT2D eigenvalue weighted by Gasteiger charge is 2.18. The molecule has 2 N–H and O–H groups in total. The van der Waals surface area contributed by atoms with Gasteiger partial charge in [0.15, 0.2) is 10.8 Å². The van der Waals surface area contributed by atoms with E-state index in [1.54, 1.807) is 34.5 Å². The molecule has 0 aliphatic carbocycles. The van der Waals surface area contributed by atoms with E-state index in [-0.39, 0.29) is 5.56 Å². The minimum atomic E-state index is -0.234. The molecular formula is C31H28N8OS2. The molecule has 210 valence electrons. The fourth-order valence-electron chi connectivity index (χ4n) is 5.16. The van der Waals surface area contributed by atoms with Crippen LogP contribution in [0.5, 0.6) is 0 Å². The standard InChI is InChI=1S/C31H28N8OS2/c1-38-12-8-25(9-13-38)35-23-3-5-24(6-4-23)36-30-34-18-22-16-26(27-7-2-20(17-33-27)21-10-14-41-19-21)29(40)39(28(22)37-30)31-32-11-15-42-31/h2-7,10-11,14-19,25,35H,8-9,12-13H2,1H3,(H,34,36,37). The predicted octanol–water partition coefficient (Wildman–Crippen LogP) is 6.28. The predicted molar refractivity (Wildman–Crippen MR) is 171 cm³/mol. The van der Waals surface area contributed by atoms with Crippen LogP contribution in [0.2, 0.25) is 0 Å². The summed E-state index contributed by atoms with van der Waals surface area (Å²) in [6.07, 6.45) is 7.49. The van der Waals surface area contributed by atoms with Crippen molar-refractivity contribution < 1.29 is 0 Å². The van der Waals surface area contributed by atoms with Crippen LogP contribution in [0.3, 0.4) is 0 Å². The third-order valence-electron chi connectivity index (χ3n) is 7.48. The smallest absolute Gasteiger partial charge is 0.268 e. The van der Waals surface area contributed by atoms with Crippen molar-refractivity contribution in [1.82, 2.24) is 29.4 Å². The summed E-state index contributed by atoms with van der Waals surface area (Å²) >= 11 is 3.02. The van der Waals surface area contributed by atoms with Crippen molar-refractivity contribution in [3.8, 4) is 27.5 Å². The van der Waals surface area contributed by atoms with Gasteiger partial charge in [-0.2, -0.15) is 16.3 Å². The Balaban J connectivity index is 1.19. The molecule has 7 rings (SSSR count). The van der Waals surface area contributed by atoms with Crippen LogP contribution in [-0.4, -0.2) is 55.6 Å². The third kappa shape index (κ3) is 5.41. The maximum Gasteiger partial charge on any atom is 0.268 e. The first-order chi connectivity index (χ1) is 20.6. The SMILES string of the molecule is CN1CCC(Nc2ccc(Nc3ncc4cc(-c5ccc(-c6ccsc6)cn5)c(=O)n(-c5nccs5)c4n3)cc2)CC1. The lowest BCUT2D eigenvalue weighted by molar-refractivity contribution is 0.264. The number of benzene rings is 1. The van der Waals surface area contributed by atoms with Crippen molar-refractivity contribution in [3.05, 3.63) is 93.6 Å². The zero-order valence-electron chi connectivity index (χ0n) is 22.9. The molecule has 6 heterocycles. The minimum Gasteiger partial charge on any atom is -0.382 e. The maximum absolute atomic E-state index is 13.9. The van der Waals surface area contributed by atoms with Crippen LogP contribution in [-0.2, 0) is 0 Å². The zero-order chi connectivity index (χ0) is 28.5. The van der Waals surface area contributed by atoms with E-state index >= 15 is 0 Å². The van der Waals surface area contributed by atoms with Crippen LogP contribution in [0.1, 0.15) is 12.8 Å². The fraction of sp³-hybridized carbons (Fsp3) is 0.194. The summed E-state index contributed by atoms with van der Waals surface area (Å²) in [5, 5.41) is 14.1. The number of nitrogens with zero attached hydrogens (tertiary/aromatic N) is 6. The second-order valence-electron chi connectivity index (χ2n) is 10.4. The Labute approximate surface area is 250 Å². The Kier molecular flexibility index (Phi) is 7.20.